The standard InChI is InChI=1S/C11H15BN3O3/c1-2-18-10(16)8-3-4-15(7-8)11-13-5-9(12-17)6-14-11/h5-6,8,17H,2-4,7H2,1H3. The summed E-state index contributed by atoms with van der Waals surface area (Å²) < 4.78 is 5.00. The molecule has 0 spiro atoms. The van der Waals surface area contributed by atoms with Crippen molar-refractivity contribution in [3.63, 3.8) is 0 Å². The second kappa shape index (κ2) is 5.81. The van der Waals surface area contributed by atoms with E-state index in [1.165, 1.54) is 0 Å². The summed E-state index contributed by atoms with van der Waals surface area (Å²) in [4.78, 5) is 21.8. The Morgan fingerprint density at radius 3 is 2.94 bits per heavy atom. The minimum atomic E-state index is -0.152. The fourth-order valence-corrected chi connectivity index (χ4v) is 1.96. The summed E-state index contributed by atoms with van der Waals surface area (Å²) in [6.45, 7) is 3.54. The van der Waals surface area contributed by atoms with Gasteiger partial charge in [-0.15, -0.1) is 0 Å². The van der Waals surface area contributed by atoms with Gasteiger partial charge in [0.1, 0.15) is 0 Å². The number of carbonyl (C=O) groups excluding carboxylic acids is 1. The van der Waals surface area contributed by atoms with Gasteiger partial charge in [-0.05, 0) is 18.8 Å². The minimum Gasteiger partial charge on any atom is -0.466 e. The predicted molar refractivity (Wildman–Crippen MR) is 66.6 cm³/mol. The monoisotopic (exact) mass is 248 g/mol. The third-order valence-electron chi connectivity index (χ3n) is 2.90. The highest BCUT2D eigenvalue weighted by molar-refractivity contribution is 6.45. The zero-order valence-corrected chi connectivity index (χ0v) is 10.2. The van der Waals surface area contributed by atoms with Crippen molar-refractivity contribution in [3.8, 4) is 0 Å². The van der Waals surface area contributed by atoms with E-state index in [9.17, 15) is 4.79 Å². The molecule has 0 aliphatic carbocycles. The average Bonchev–Trinajstić information content (AvgIpc) is 2.89. The van der Waals surface area contributed by atoms with Crippen molar-refractivity contribution < 1.29 is 14.6 Å². The van der Waals surface area contributed by atoms with Gasteiger partial charge in [0.2, 0.25) is 5.95 Å². The maximum Gasteiger partial charge on any atom is 0.329 e. The lowest BCUT2D eigenvalue weighted by molar-refractivity contribution is -0.147. The van der Waals surface area contributed by atoms with Gasteiger partial charge in [-0.25, -0.2) is 9.97 Å². The number of anilines is 1. The molecule has 1 N–H and O–H groups in total. The molecule has 0 amide bonds. The maximum atomic E-state index is 11.6. The zero-order chi connectivity index (χ0) is 13.0. The Morgan fingerprint density at radius 1 is 1.61 bits per heavy atom. The second-order valence-corrected chi connectivity index (χ2v) is 4.13. The quantitative estimate of drug-likeness (QED) is 0.550. The SMILES string of the molecule is CCOC(=O)C1CCN(c2ncc([B]O)cn2)C1. The van der Waals surface area contributed by atoms with Gasteiger partial charge in [-0.3, -0.25) is 4.79 Å². The van der Waals surface area contributed by atoms with Crippen LogP contribution in [0.3, 0.4) is 0 Å². The summed E-state index contributed by atoms with van der Waals surface area (Å²) in [5, 5.41) is 8.79. The zero-order valence-electron chi connectivity index (χ0n) is 10.2. The van der Waals surface area contributed by atoms with Crippen molar-refractivity contribution in [2.24, 2.45) is 5.92 Å². The van der Waals surface area contributed by atoms with E-state index < -0.39 is 0 Å². The summed E-state index contributed by atoms with van der Waals surface area (Å²) >= 11 is 0. The van der Waals surface area contributed by atoms with E-state index >= 15 is 0 Å². The van der Waals surface area contributed by atoms with Gasteiger partial charge in [0.15, 0.2) is 0 Å². The summed E-state index contributed by atoms with van der Waals surface area (Å²) in [7, 11) is 0.954. The van der Waals surface area contributed by atoms with E-state index in [2.05, 4.69) is 9.97 Å². The van der Waals surface area contributed by atoms with E-state index in [-0.39, 0.29) is 11.9 Å². The van der Waals surface area contributed by atoms with E-state index in [0.29, 0.717) is 24.6 Å². The number of rotatable bonds is 4. The lowest BCUT2D eigenvalue weighted by atomic mass is 9.92. The Labute approximate surface area is 106 Å². The Bertz CT molecular complexity index is 412. The molecule has 95 valence electrons. The normalized spacial score (nSPS) is 18.8. The minimum absolute atomic E-state index is 0.0994. The summed E-state index contributed by atoms with van der Waals surface area (Å²) in [6.07, 6.45) is 3.84. The van der Waals surface area contributed by atoms with E-state index in [0.717, 1.165) is 20.4 Å². The number of carbonyl (C=O) groups is 1. The van der Waals surface area contributed by atoms with Crippen molar-refractivity contribution in [2.75, 3.05) is 24.6 Å². The first-order chi connectivity index (χ1) is 8.74. The number of aromatic nitrogens is 2. The van der Waals surface area contributed by atoms with E-state index in [1.807, 2.05) is 4.90 Å². The second-order valence-electron chi connectivity index (χ2n) is 4.13. The molecule has 2 heterocycles. The van der Waals surface area contributed by atoms with Crippen LogP contribution < -0.4 is 10.4 Å². The van der Waals surface area contributed by atoms with Crippen LogP contribution in [0, 0.1) is 5.92 Å². The van der Waals surface area contributed by atoms with Crippen LogP contribution in [0.15, 0.2) is 12.4 Å². The van der Waals surface area contributed by atoms with Gasteiger partial charge >= 0.3 is 13.5 Å². The van der Waals surface area contributed by atoms with Crippen LogP contribution in [-0.2, 0) is 9.53 Å². The molecule has 1 aromatic rings. The van der Waals surface area contributed by atoms with Crippen LogP contribution >= 0.6 is 0 Å². The first-order valence-electron chi connectivity index (χ1n) is 5.95. The molecular formula is C11H15BN3O3. The van der Waals surface area contributed by atoms with E-state index in [1.54, 1.807) is 19.3 Å². The highest BCUT2D eigenvalue weighted by Gasteiger charge is 2.30. The van der Waals surface area contributed by atoms with Gasteiger partial charge in [0.25, 0.3) is 0 Å². The van der Waals surface area contributed by atoms with Gasteiger partial charge in [0.05, 0.1) is 12.5 Å². The first kappa shape index (κ1) is 12.8. The van der Waals surface area contributed by atoms with Gasteiger partial charge in [0, 0.05) is 25.5 Å². The Morgan fingerprint density at radius 2 is 2.33 bits per heavy atom. The molecule has 1 radical (unpaired) electrons. The van der Waals surface area contributed by atoms with Gasteiger partial charge in [-0.1, -0.05) is 0 Å². The molecule has 1 saturated heterocycles. The Balaban J connectivity index is 1.97. The number of nitrogens with zero attached hydrogens (tertiary/aromatic N) is 3. The van der Waals surface area contributed by atoms with Crippen molar-refractivity contribution in [1.29, 1.82) is 0 Å². The Hall–Kier alpha value is -1.63. The number of ether oxygens (including phenoxy) is 1. The third-order valence-corrected chi connectivity index (χ3v) is 2.90. The fourth-order valence-electron chi connectivity index (χ4n) is 1.96. The summed E-state index contributed by atoms with van der Waals surface area (Å²) in [5.41, 5.74) is 0.555. The molecular weight excluding hydrogens is 233 g/mol. The van der Waals surface area contributed by atoms with Gasteiger partial charge in [-0.2, -0.15) is 0 Å². The van der Waals surface area contributed by atoms with Crippen molar-refractivity contribution in [2.45, 2.75) is 13.3 Å². The molecule has 2 rings (SSSR count). The molecule has 0 aromatic carbocycles. The molecule has 1 aliphatic rings. The molecule has 6 nitrogen and oxygen atoms in total. The molecule has 18 heavy (non-hydrogen) atoms. The molecule has 1 atom stereocenters. The van der Waals surface area contributed by atoms with Crippen molar-refractivity contribution in [1.82, 2.24) is 9.97 Å². The topological polar surface area (TPSA) is 75.5 Å². The molecule has 1 aliphatic heterocycles. The van der Waals surface area contributed by atoms with Crippen molar-refractivity contribution >= 4 is 24.9 Å². The third kappa shape index (κ3) is 2.79. The maximum absolute atomic E-state index is 11.6. The van der Waals surface area contributed by atoms with Crippen LogP contribution in [0.1, 0.15) is 13.3 Å². The average molecular weight is 248 g/mol. The summed E-state index contributed by atoms with van der Waals surface area (Å²) in [6, 6.07) is 0. The number of hydrogen-bond acceptors (Lipinski definition) is 6. The Kier molecular flexibility index (Phi) is 4.14. The van der Waals surface area contributed by atoms with E-state index in [4.69, 9.17) is 9.76 Å². The highest BCUT2D eigenvalue weighted by Crippen LogP contribution is 2.20. The molecule has 1 aromatic heterocycles. The first-order valence-corrected chi connectivity index (χ1v) is 5.95. The van der Waals surface area contributed by atoms with Crippen LogP contribution in [0.4, 0.5) is 5.95 Å². The van der Waals surface area contributed by atoms with Crippen LogP contribution in [0.2, 0.25) is 0 Å². The molecule has 0 saturated carbocycles. The van der Waals surface area contributed by atoms with Crippen LogP contribution in [-0.4, -0.2) is 48.1 Å². The van der Waals surface area contributed by atoms with Gasteiger partial charge < -0.3 is 14.7 Å². The number of hydrogen-bond donors (Lipinski definition) is 1. The fraction of sp³-hybridized carbons (Fsp3) is 0.545. The summed E-state index contributed by atoms with van der Waals surface area (Å²) in [5.74, 6) is 0.324. The van der Waals surface area contributed by atoms with Crippen LogP contribution in [0.5, 0.6) is 0 Å². The lowest BCUT2D eigenvalue weighted by Gasteiger charge is -2.15. The molecule has 7 heteroatoms. The smallest absolute Gasteiger partial charge is 0.329 e. The molecule has 1 fully saturated rings. The van der Waals surface area contributed by atoms with Crippen molar-refractivity contribution in [3.05, 3.63) is 12.4 Å². The van der Waals surface area contributed by atoms with Crippen LogP contribution in [0.25, 0.3) is 0 Å². The predicted octanol–water partition coefficient (Wildman–Crippen LogP) is -0.897. The lowest BCUT2D eigenvalue weighted by Crippen LogP contribution is -2.26. The number of esters is 1. The largest absolute Gasteiger partial charge is 0.466 e. The molecule has 0 bridgehead atoms. The molecule has 1 unspecified atom stereocenters. The highest BCUT2D eigenvalue weighted by atomic mass is 16.5.